The third-order valence-corrected chi connectivity index (χ3v) is 8.21. The number of anilines is 1. The Balaban J connectivity index is 1.18. The molecule has 7 nitrogen and oxygen atoms in total. The number of ether oxygens (including phenoxy) is 2. The van der Waals surface area contributed by atoms with Crippen LogP contribution in [-0.4, -0.2) is 66.4 Å². The van der Waals surface area contributed by atoms with Gasteiger partial charge in [-0.15, -0.1) is 0 Å². The van der Waals surface area contributed by atoms with Crippen molar-refractivity contribution in [3.63, 3.8) is 0 Å². The summed E-state index contributed by atoms with van der Waals surface area (Å²) in [5, 5.41) is 9.39. The third kappa shape index (κ3) is 5.13. The van der Waals surface area contributed by atoms with E-state index >= 15 is 0 Å². The molecule has 38 heavy (non-hydrogen) atoms. The molecule has 7 heteroatoms. The molecule has 0 saturated carbocycles. The number of pyridine rings is 1. The summed E-state index contributed by atoms with van der Waals surface area (Å²) in [4.78, 5) is 21.0. The molecule has 1 aromatic heterocycles. The Morgan fingerprint density at radius 2 is 1.87 bits per heavy atom. The first-order valence-electron chi connectivity index (χ1n) is 13.7. The Hall–Kier alpha value is -3.42. The van der Waals surface area contributed by atoms with E-state index in [1.165, 1.54) is 16.7 Å². The van der Waals surface area contributed by atoms with Gasteiger partial charge in [-0.05, 0) is 66.6 Å². The Labute approximate surface area is 224 Å². The van der Waals surface area contributed by atoms with Crippen molar-refractivity contribution >= 4 is 11.8 Å². The van der Waals surface area contributed by atoms with Gasteiger partial charge in [0, 0.05) is 31.7 Å². The molecule has 3 aliphatic heterocycles. The molecule has 0 aliphatic carbocycles. The number of aliphatic carboxylic acids is 1. The van der Waals surface area contributed by atoms with Gasteiger partial charge in [0.05, 0.1) is 30.9 Å². The lowest BCUT2D eigenvalue weighted by Crippen LogP contribution is -2.49. The standard InChI is InChI=1S/C31H35N3O4/c1-21-4-2-5-27(28-6-3-7-29(32-28)34-15-12-25(17-34)31(35)36)30(21)38-18-22-8-9-23-10-13-33(26-19-37-20-26)14-11-24(23)16-22/h2-9,16,25-26H,10-15,17-20H2,1H3,(H,35,36). The summed E-state index contributed by atoms with van der Waals surface area (Å²) >= 11 is 0. The SMILES string of the molecule is Cc1cccc(-c2cccc(N3CCC(C(=O)O)C3)n2)c1OCc1ccc2c(c1)CCN(C1COC1)CC2. The van der Waals surface area contributed by atoms with Crippen molar-refractivity contribution in [3.8, 4) is 17.0 Å². The van der Waals surface area contributed by atoms with Crippen LogP contribution in [0.15, 0.2) is 54.6 Å². The zero-order valence-electron chi connectivity index (χ0n) is 21.9. The minimum Gasteiger partial charge on any atom is -0.488 e. The number of carboxylic acids is 1. The maximum absolute atomic E-state index is 11.4. The zero-order chi connectivity index (χ0) is 26.1. The van der Waals surface area contributed by atoms with Gasteiger partial charge in [-0.2, -0.15) is 0 Å². The Kier molecular flexibility index (Phi) is 7.04. The number of para-hydroxylation sites is 1. The van der Waals surface area contributed by atoms with Gasteiger partial charge in [-0.1, -0.05) is 36.4 Å². The summed E-state index contributed by atoms with van der Waals surface area (Å²) in [6.45, 7) is 7.68. The number of hydrogen-bond acceptors (Lipinski definition) is 6. The minimum atomic E-state index is -0.735. The van der Waals surface area contributed by atoms with E-state index in [4.69, 9.17) is 14.5 Å². The molecule has 1 atom stereocenters. The van der Waals surface area contributed by atoms with Crippen molar-refractivity contribution in [1.82, 2.24) is 9.88 Å². The fourth-order valence-corrected chi connectivity index (χ4v) is 5.81. The van der Waals surface area contributed by atoms with Crippen LogP contribution in [0.1, 0.15) is 28.7 Å². The number of benzene rings is 2. The first-order chi connectivity index (χ1) is 18.5. The average molecular weight is 514 g/mol. The number of carboxylic acid groups (broad SMARTS) is 1. The van der Waals surface area contributed by atoms with Crippen LogP contribution in [0.4, 0.5) is 5.82 Å². The highest BCUT2D eigenvalue weighted by molar-refractivity contribution is 5.73. The van der Waals surface area contributed by atoms with Gasteiger partial charge in [0.2, 0.25) is 0 Å². The summed E-state index contributed by atoms with van der Waals surface area (Å²) in [6.07, 6.45) is 2.79. The quantitative estimate of drug-likeness (QED) is 0.504. The molecular weight excluding hydrogens is 478 g/mol. The molecule has 3 aliphatic rings. The summed E-state index contributed by atoms with van der Waals surface area (Å²) < 4.78 is 11.9. The van der Waals surface area contributed by atoms with Gasteiger partial charge in [-0.3, -0.25) is 9.69 Å². The highest BCUT2D eigenvalue weighted by atomic mass is 16.5. The predicted octanol–water partition coefficient (Wildman–Crippen LogP) is 4.35. The van der Waals surface area contributed by atoms with Crippen LogP contribution in [0.3, 0.4) is 0 Å². The molecule has 2 saturated heterocycles. The highest BCUT2D eigenvalue weighted by Gasteiger charge is 2.29. The fourth-order valence-electron chi connectivity index (χ4n) is 5.81. The highest BCUT2D eigenvalue weighted by Crippen LogP contribution is 2.34. The largest absolute Gasteiger partial charge is 0.488 e. The molecule has 0 spiro atoms. The number of fused-ring (bicyclic) bond motifs is 1. The second kappa shape index (κ2) is 10.8. The Bertz CT molecular complexity index is 1320. The molecular formula is C31H35N3O4. The van der Waals surface area contributed by atoms with E-state index < -0.39 is 5.97 Å². The molecule has 3 aromatic rings. The van der Waals surface area contributed by atoms with Crippen LogP contribution in [0.5, 0.6) is 5.75 Å². The summed E-state index contributed by atoms with van der Waals surface area (Å²) in [7, 11) is 0. The first kappa shape index (κ1) is 24.9. The van der Waals surface area contributed by atoms with E-state index in [0.29, 0.717) is 32.2 Å². The van der Waals surface area contributed by atoms with Crippen LogP contribution in [0.2, 0.25) is 0 Å². The first-order valence-corrected chi connectivity index (χ1v) is 13.7. The monoisotopic (exact) mass is 513 g/mol. The van der Waals surface area contributed by atoms with Crippen molar-refractivity contribution in [3.05, 3.63) is 76.9 Å². The van der Waals surface area contributed by atoms with Crippen LogP contribution in [0, 0.1) is 12.8 Å². The van der Waals surface area contributed by atoms with Crippen LogP contribution < -0.4 is 9.64 Å². The normalized spacial score (nSPS) is 20.0. The second-order valence-corrected chi connectivity index (χ2v) is 10.7. The van der Waals surface area contributed by atoms with E-state index in [9.17, 15) is 9.90 Å². The molecule has 1 unspecified atom stereocenters. The van der Waals surface area contributed by atoms with Crippen molar-refractivity contribution in [1.29, 1.82) is 0 Å². The van der Waals surface area contributed by atoms with Crippen molar-refractivity contribution in [2.75, 3.05) is 44.3 Å². The Morgan fingerprint density at radius 1 is 1.05 bits per heavy atom. The van der Waals surface area contributed by atoms with Crippen LogP contribution in [-0.2, 0) is 29.0 Å². The second-order valence-electron chi connectivity index (χ2n) is 10.7. The van der Waals surface area contributed by atoms with E-state index in [0.717, 1.165) is 67.5 Å². The molecule has 2 fully saturated rings. The van der Waals surface area contributed by atoms with Crippen molar-refractivity contribution < 1.29 is 19.4 Å². The van der Waals surface area contributed by atoms with Gasteiger partial charge >= 0.3 is 5.97 Å². The lowest BCUT2D eigenvalue weighted by Gasteiger charge is -2.36. The molecule has 4 heterocycles. The predicted molar refractivity (Wildman–Crippen MR) is 147 cm³/mol. The van der Waals surface area contributed by atoms with E-state index in [1.54, 1.807) is 0 Å². The van der Waals surface area contributed by atoms with Crippen molar-refractivity contribution in [2.24, 2.45) is 5.92 Å². The zero-order valence-corrected chi connectivity index (χ0v) is 21.9. The van der Waals surface area contributed by atoms with Gasteiger partial charge in [-0.25, -0.2) is 4.98 Å². The number of rotatable bonds is 7. The number of hydrogen-bond donors (Lipinski definition) is 1. The van der Waals surface area contributed by atoms with E-state index in [2.05, 4.69) is 41.0 Å². The average Bonchev–Trinajstić information content (AvgIpc) is 3.31. The van der Waals surface area contributed by atoms with Crippen LogP contribution >= 0.6 is 0 Å². The fraction of sp³-hybridized carbons (Fsp3) is 0.419. The van der Waals surface area contributed by atoms with Gasteiger partial charge in [0.15, 0.2) is 0 Å². The Morgan fingerprint density at radius 3 is 2.63 bits per heavy atom. The molecule has 2 aromatic carbocycles. The third-order valence-electron chi connectivity index (χ3n) is 8.21. The molecule has 0 amide bonds. The number of nitrogens with zero attached hydrogens (tertiary/aromatic N) is 3. The smallest absolute Gasteiger partial charge is 0.308 e. The lowest BCUT2D eigenvalue weighted by atomic mass is 10.0. The maximum Gasteiger partial charge on any atom is 0.308 e. The number of carbonyl (C=O) groups is 1. The summed E-state index contributed by atoms with van der Waals surface area (Å²) in [6, 6.07) is 19.5. The molecule has 0 bridgehead atoms. The van der Waals surface area contributed by atoms with Crippen LogP contribution in [0.25, 0.3) is 11.3 Å². The van der Waals surface area contributed by atoms with Gasteiger partial charge < -0.3 is 19.5 Å². The molecule has 0 radical (unpaired) electrons. The number of aryl methyl sites for hydroxylation is 1. The summed E-state index contributed by atoms with van der Waals surface area (Å²) in [5.41, 5.74) is 6.90. The summed E-state index contributed by atoms with van der Waals surface area (Å²) in [5.74, 6) is 0.579. The van der Waals surface area contributed by atoms with Gasteiger partial charge in [0.1, 0.15) is 18.2 Å². The van der Waals surface area contributed by atoms with Crippen molar-refractivity contribution in [2.45, 2.75) is 38.8 Å². The van der Waals surface area contributed by atoms with Gasteiger partial charge in [0.25, 0.3) is 0 Å². The minimum absolute atomic E-state index is 0.338. The molecule has 198 valence electrons. The molecule has 1 N–H and O–H groups in total. The molecule has 6 rings (SSSR count). The lowest BCUT2D eigenvalue weighted by molar-refractivity contribution is -0.140. The maximum atomic E-state index is 11.4. The number of aromatic nitrogens is 1. The van der Waals surface area contributed by atoms with E-state index in [1.807, 2.05) is 30.3 Å². The topological polar surface area (TPSA) is 75.1 Å². The van der Waals surface area contributed by atoms with E-state index in [-0.39, 0.29) is 5.92 Å².